The van der Waals surface area contributed by atoms with E-state index in [-0.39, 0.29) is 24.4 Å². The predicted octanol–water partition coefficient (Wildman–Crippen LogP) is 3.44. The Morgan fingerprint density at radius 2 is 1.92 bits per heavy atom. The van der Waals surface area contributed by atoms with Gasteiger partial charge in [0.2, 0.25) is 0 Å². The third kappa shape index (κ3) is 3.46. The zero-order valence-electron chi connectivity index (χ0n) is 15.8. The van der Waals surface area contributed by atoms with Crippen LogP contribution in [-0.4, -0.2) is 48.9 Å². The predicted molar refractivity (Wildman–Crippen MR) is 95.7 cm³/mol. The Bertz CT molecular complexity index is 609. The van der Waals surface area contributed by atoms with Gasteiger partial charge in [0.25, 0.3) is 0 Å². The Morgan fingerprint density at radius 1 is 1.12 bits per heavy atom. The lowest BCUT2D eigenvalue weighted by atomic mass is 10.1. The monoisotopic (exact) mass is 384 g/mol. The minimum atomic E-state index is -0.630. The van der Waals surface area contributed by atoms with Crippen molar-refractivity contribution in [2.45, 2.75) is 89.4 Å². The van der Waals surface area contributed by atoms with Gasteiger partial charge in [0.1, 0.15) is 24.4 Å². The van der Waals surface area contributed by atoms with Gasteiger partial charge in [-0.05, 0) is 49.1 Å². The fourth-order valence-corrected chi connectivity index (χ4v) is 4.30. The van der Waals surface area contributed by atoms with Crippen molar-refractivity contribution in [3.05, 3.63) is 22.4 Å². The molecule has 1 aromatic heterocycles. The van der Waals surface area contributed by atoms with E-state index < -0.39 is 17.9 Å². The molecule has 146 valence electrons. The Balaban J connectivity index is 1.50. The lowest BCUT2D eigenvalue weighted by molar-refractivity contribution is -0.245. The first kappa shape index (κ1) is 18.8. The number of hydrogen-bond acceptors (Lipinski definition) is 7. The van der Waals surface area contributed by atoms with Crippen molar-refractivity contribution < 1.29 is 28.4 Å². The first-order valence-electron chi connectivity index (χ1n) is 9.41. The van der Waals surface area contributed by atoms with Gasteiger partial charge in [-0.3, -0.25) is 0 Å². The van der Waals surface area contributed by atoms with Crippen molar-refractivity contribution in [2.75, 3.05) is 6.61 Å². The van der Waals surface area contributed by atoms with Crippen LogP contribution in [0.15, 0.2) is 16.8 Å². The highest BCUT2D eigenvalue weighted by molar-refractivity contribution is 7.07. The van der Waals surface area contributed by atoms with Gasteiger partial charge in [-0.15, -0.1) is 0 Å². The second-order valence-electron chi connectivity index (χ2n) is 7.52. The maximum atomic E-state index is 6.27. The minimum Gasteiger partial charge on any atom is -0.368 e. The summed E-state index contributed by atoms with van der Waals surface area (Å²) in [5.74, 6) is -1.20. The van der Waals surface area contributed by atoms with Crippen molar-refractivity contribution in [3.8, 4) is 0 Å². The van der Waals surface area contributed by atoms with E-state index in [1.54, 1.807) is 11.3 Å². The first-order chi connectivity index (χ1) is 12.5. The number of fused-ring (bicyclic) bond motifs is 1. The summed E-state index contributed by atoms with van der Waals surface area (Å²) in [6.45, 7) is 9.00. The molecule has 3 saturated heterocycles. The molecule has 7 atom stereocenters. The maximum absolute atomic E-state index is 6.27. The third-order valence-corrected chi connectivity index (χ3v) is 6.32. The molecule has 0 bridgehead atoms. The molecule has 3 fully saturated rings. The Labute approximate surface area is 158 Å². The molecule has 26 heavy (non-hydrogen) atoms. The smallest absolute Gasteiger partial charge is 0.190 e. The standard InChI is InChI=1S/C19H28O6S/c1-5-18(3)21-10-13(23-18)14-15(20-9-12-7-8-26-11-12)16-17(22-14)25-19(4,6-2)24-16/h7-8,11,13-17H,5-6,9-10H2,1-4H3/t13-,14-,15+,16-,17-,18?,19?/m1/s1. The highest BCUT2D eigenvalue weighted by atomic mass is 32.1. The summed E-state index contributed by atoms with van der Waals surface area (Å²) in [7, 11) is 0. The molecule has 6 nitrogen and oxygen atoms in total. The van der Waals surface area contributed by atoms with Gasteiger partial charge in [-0.2, -0.15) is 11.3 Å². The molecular weight excluding hydrogens is 356 g/mol. The van der Waals surface area contributed by atoms with Crippen LogP contribution in [0.3, 0.4) is 0 Å². The van der Waals surface area contributed by atoms with Crippen molar-refractivity contribution in [2.24, 2.45) is 0 Å². The Kier molecular flexibility index (Phi) is 5.16. The van der Waals surface area contributed by atoms with Crippen molar-refractivity contribution >= 4 is 11.3 Å². The summed E-state index contributed by atoms with van der Waals surface area (Å²) in [5.41, 5.74) is 1.15. The van der Waals surface area contributed by atoms with E-state index in [1.165, 1.54) is 0 Å². The van der Waals surface area contributed by atoms with Gasteiger partial charge in [-0.25, -0.2) is 0 Å². The summed E-state index contributed by atoms with van der Waals surface area (Å²) in [6, 6.07) is 2.07. The minimum absolute atomic E-state index is 0.196. The molecule has 3 aliphatic rings. The summed E-state index contributed by atoms with van der Waals surface area (Å²) < 4.78 is 36.7. The van der Waals surface area contributed by atoms with Gasteiger partial charge in [0.15, 0.2) is 17.9 Å². The summed E-state index contributed by atoms with van der Waals surface area (Å²) in [5, 5.41) is 4.14. The Hall–Kier alpha value is -0.540. The van der Waals surface area contributed by atoms with Crippen LogP contribution in [0, 0.1) is 0 Å². The second kappa shape index (κ2) is 7.13. The highest BCUT2D eigenvalue weighted by Gasteiger charge is 2.59. The van der Waals surface area contributed by atoms with Crippen molar-refractivity contribution in [1.82, 2.24) is 0 Å². The summed E-state index contributed by atoms with van der Waals surface area (Å²) in [4.78, 5) is 0. The van der Waals surface area contributed by atoms with Crippen LogP contribution >= 0.6 is 11.3 Å². The van der Waals surface area contributed by atoms with E-state index in [4.69, 9.17) is 28.4 Å². The molecule has 0 amide bonds. The Morgan fingerprint density at radius 3 is 2.58 bits per heavy atom. The normalized spacial score (nSPS) is 45.3. The topological polar surface area (TPSA) is 55.4 Å². The summed E-state index contributed by atoms with van der Waals surface area (Å²) >= 11 is 1.66. The lowest BCUT2D eigenvalue weighted by Gasteiger charge is -2.30. The van der Waals surface area contributed by atoms with Crippen LogP contribution in [0.25, 0.3) is 0 Å². The van der Waals surface area contributed by atoms with Crippen LogP contribution < -0.4 is 0 Å². The van der Waals surface area contributed by atoms with Gasteiger partial charge < -0.3 is 28.4 Å². The van der Waals surface area contributed by atoms with E-state index in [1.807, 2.05) is 26.2 Å². The number of thiophene rings is 1. The van der Waals surface area contributed by atoms with E-state index in [0.29, 0.717) is 13.2 Å². The molecular formula is C19H28O6S. The number of ether oxygens (including phenoxy) is 6. The van der Waals surface area contributed by atoms with Crippen LogP contribution in [0.1, 0.15) is 46.1 Å². The van der Waals surface area contributed by atoms with Gasteiger partial charge in [0.05, 0.1) is 13.2 Å². The van der Waals surface area contributed by atoms with E-state index in [2.05, 4.69) is 18.4 Å². The molecule has 4 rings (SSSR count). The average Bonchev–Trinajstić information content (AvgIpc) is 3.38. The van der Waals surface area contributed by atoms with Gasteiger partial charge in [0, 0.05) is 0 Å². The quantitative estimate of drug-likeness (QED) is 0.749. The fraction of sp³-hybridized carbons (Fsp3) is 0.789. The first-order valence-corrected chi connectivity index (χ1v) is 10.3. The molecule has 7 heteroatoms. The van der Waals surface area contributed by atoms with E-state index in [0.717, 1.165) is 18.4 Å². The SMILES string of the molecule is CCC1(C)O[C@H]2O[C@H]([C@H]3COC(C)(CC)O3)[C@H](OCc3ccsc3)[C@H]2O1. The molecule has 0 aliphatic carbocycles. The van der Waals surface area contributed by atoms with E-state index >= 15 is 0 Å². The molecule has 0 spiro atoms. The van der Waals surface area contributed by atoms with Crippen LogP contribution in [-0.2, 0) is 35.0 Å². The molecule has 0 N–H and O–H groups in total. The van der Waals surface area contributed by atoms with Gasteiger partial charge >= 0.3 is 0 Å². The van der Waals surface area contributed by atoms with E-state index in [9.17, 15) is 0 Å². The van der Waals surface area contributed by atoms with Crippen molar-refractivity contribution in [3.63, 3.8) is 0 Å². The highest BCUT2D eigenvalue weighted by Crippen LogP contribution is 2.43. The second-order valence-corrected chi connectivity index (χ2v) is 8.30. The summed E-state index contributed by atoms with van der Waals surface area (Å²) in [6.07, 6.45) is 0.0971. The third-order valence-electron chi connectivity index (χ3n) is 5.58. The zero-order valence-corrected chi connectivity index (χ0v) is 16.6. The largest absolute Gasteiger partial charge is 0.368 e. The molecule has 2 unspecified atom stereocenters. The fourth-order valence-electron chi connectivity index (χ4n) is 3.65. The number of rotatable bonds is 6. The number of hydrogen-bond donors (Lipinski definition) is 0. The van der Waals surface area contributed by atoms with Crippen molar-refractivity contribution in [1.29, 1.82) is 0 Å². The lowest BCUT2D eigenvalue weighted by Crippen LogP contribution is -2.44. The molecule has 1 aromatic rings. The van der Waals surface area contributed by atoms with Crippen LogP contribution in [0.4, 0.5) is 0 Å². The average molecular weight is 384 g/mol. The van der Waals surface area contributed by atoms with Gasteiger partial charge in [-0.1, -0.05) is 13.8 Å². The molecule has 0 saturated carbocycles. The zero-order chi connectivity index (χ0) is 18.4. The molecule has 3 aliphatic heterocycles. The van der Waals surface area contributed by atoms with Crippen LogP contribution in [0.2, 0.25) is 0 Å². The maximum Gasteiger partial charge on any atom is 0.190 e. The molecule has 0 radical (unpaired) electrons. The molecule has 4 heterocycles. The molecule has 0 aromatic carbocycles. The van der Waals surface area contributed by atoms with Crippen LogP contribution in [0.5, 0.6) is 0 Å².